The van der Waals surface area contributed by atoms with Gasteiger partial charge in [0.15, 0.2) is 5.13 Å². The van der Waals surface area contributed by atoms with Crippen LogP contribution in [0.2, 0.25) is 0 Å². The number of rotatable bonds is 5. The minimum absolute atomic E-state index is 0.0608. The fourth-order valence-electron chi connectivity index (χ4n) is 3.36. The molecule has 10 heteroatoms. The Balaban J connectivity index is 1.60. The van der Waals surface area contributed by atoms with Crippen molar-refractivity contribution in [2.75, 3.05) is 31.6 Å². The average Bonchev–Trinajstić information content (AvgIpc) is 3.29. The van der Waals surface area contributed by atoms with Crippen molar-refractivity contribution in [1.29, 1.82) is 0 Å². The molecule has 1 unspecified atom stereocenters. The highest BCUT2D eigenvalue weighted by atomic mass is 32.1. The second-order valence-corrected chi connectivity index (χ2v) is 7.91. The molecule has 1 fully saturated rings. The fourth-order valence-corrected chi connectivity index (χ4v) is 3.89. The summed E-state index contributed by atoms with van der Waals surface area (Å²) < 4.78 is 5.87. The van der Waals surface area contributed by atoms with Crippen molar-refractivity contribution < 1.29 is 19.1 Å². The third kappa shape index (κ3) is 4.86. The lowest BCUT2D eigenvalue weighted by molar-refractivity contribution is -0.139. The van der Waals surface area contributed by atoms with Crippen molar-refractivity contribution >= 4 is 45.1 Å². The molecule has 1 aromatic carbocycles. The van der Waals surface area contributed by atoms with Crippen LogP contribution < -0.4 is 10.6 Å². The normalized spacial score (nSPS) is 16.2. The number of benzene rings is 1. The molecule has 3 amide bonds. The molecule has 1 aliphatic heterocycles. The van der Waals surface area contributed by atoms with Gasteiger partial charge in [-0.25, -0.2) is 9.97 Å². The van der Waals surface area contributed by atoms with Gasteiger partial charge in [-0.15, -0.1) is 11.3 Å². The second-order valence-electron chi connectivity index (χ2n) is 7.01. The summed E-state index contributed by atoms with van der Waals surface area (Å²) >= 11 is 1.34. The van der Waals surface area contributed by atoms with E-state index in [0.29, 0.717) is 35.1 Å². The average molecular weight is 439 g/mol. The van der Waals surface area contributed by atoms with E-state index < -0.39 is 6.10 Å². The number of morpholine rings is 1. The number of carbonyl (C=O) groups excluding carboxylic acids is 3. The van der Waals surface area contributed by atoms with E-state index in [-0.39, 0.29) is 30.8 Å². The lowest BCUT2D eigenvalue weighted by Crippen LogP contribution is -2.46. The van der Waals surface area contributed by atoms with Crippen LogP contribution in [0.15, 0.2) is 41.9 Å². The Labute approximate surface area is 182 Å². The fraction of sp³-hybridized carbons (Fsp3) is 0.286. The van der Waals surface area contributed by atoms with Crippen LogP contribution in [0.5, 0.6) is 0 Å². The molecule has 2 N–H and O–H groups in total. The zero-order chi connectivity index (χ0) is 21.8. The number of hydrogen-bond acceptors (Lipinski definition) is 7. The first-order valence-electron chi connectivity index (χ1n) is 9.75. The van der Waals surface area contributed by atoms with Gasteiger partial charge in [0.05, 0.1) is 36.5 Å². The van der Waals surface area contributed by atoms with Crippen LogP contribution in [0.25, 0.3) is 10.9 Å². The molecular weight excluding hydrogens is 418 g/mol. The molecule has 1 aliphatic rings. The predicted molar refractivity (Wildman–Crippen MR) is 116 cm³/mol. The van der Waals surface area contributed by atoms with E-state index in [0.717, 1.165) is 5.39 Å². The van der Waals surface area contributed by atoms with E-state index in [1.807, 2.05) is 24.3 Å². The van der Waals surface area contributed by atoms with Gasteiger partial charge in [0.25, 0.3) is 5.91 Å². The van der Waals surface area contributed by atoms with Crippen molar-refractivity contribution in [3.8, 4) is 0 Å². The van der Waals surface area contributed by atoms with E-state index in [2.05, 4.69) is 20.6 Å². The number of nitrogens with zero attached hydrogens (tertiary/aromatic N) is 3. The van der Waals surface area contributed by atoms with Crippen molar-refractivity contribution in [1.82, 2.24) is 20.2 Å². The lowest BCUT2D eigenvalue weighted by atomic mass is 10.0. The van der Waals surface area contributed by atoms with Crippen molar-refractivity contribution in [2.45, 2.75) is 13.0 Å². The van der Waals surface area contributed by atoms with E-state index in [9.17, 15) is 14.4 Å². The Bertz CT molecular complexity index is 1120. The molecular formula is C21H21N5O4S. The van der Waals surface area contributed by atoms with Gasteiger partial charge < -0.3 is 15.0 Å². The zero-order valence-corrected chi connectivity index (χ0v) is 17.6. The maximum absolute atomic E-state index is 13.0. The molecule has 160 valence electrons. The molecule has 9 nitrogen and oxygen atoms in total. The van der Waals surface area contributed by atoms with Crippen LogP contribution in [0.3, 0.4) is 0 Å². The highest BCUT2D eigenvalue weighted by molar-refractivity contribution is 7.13. The van der Waals surface area contributed by atoms with Gasteiger partial charge in [-0.1, -0.05) is 18.2 Å². The quantitative estimate of drug-likeness (QED) is 0.629. The minimum atomic E-state index is -0.481. The number of hydrogen-bond donors (Lipinski definition) is 2. The summed E-state index contributed by atoms with van der Waals surface area (Å²) in [4.78, 5) is 46.9. The van der Waals surface area contributed by atoms with Crippen molar-refractivity contribution in [3.05, 3.63) is 53.2 Å². The topological polar surface area (TPSA) is 114 Å². The number of amides is 3. The number of nitrogens with one attached hydrogen (secondary N) is 2. The summed E-state index contributed by atoms with van der Waals surface area (Å²) in [5.41, 5.74) is 1.69. The minimum Gasteiger partial charge on any atom is -0.368 e. The number of anilines is 1. The third-order valence-corrected chi connectivity index (χ3v) is 5.56. The number of pyridine rings is 1. The summed E-state index contributed by atoms with van der Waals surface area (Å²) in [7, 11) is 0. The smallest absolute Gasteiger partial charge is 0.258 e. The molecule has 0 spiro atoms. The summed E-state index contributed by atoms with van der Waals surface area (Å²) in [5.74, 6) is -0.736. The number of carbonyl (C=O) groups is 3. The Hall–Kier alpha value is -3.37. The van der Waals surface area contributed by atoms with Gasteiger partial charge >= 0.3 is 0 Å². The van der Waals surface area contributed by atoms with Gasteiger partial charge in [-0.05, 0) is 12.1 Å². The number of ether oxygens (including phenoxy) is 1. The van der Waals surface area contributed by atoms with Crippen LogP contribution >= 0.6 is 11.3 Å². The maximum atomic E-state index is 13.0. The lowest BCUT2D eigenvalue weighted by Gasteiger charge is -2.33. The second kappa shape index (κ2) is 9.19. The van der Waals surface area contributed by atoms with Crippen LogP contribution in [0.4, 0.5) is 5.13 Å². The van der Waals surface area contributed by atoms with Crippen LogP contribution in [0, 0.1) is 0 Å². The van der Waals surface area contributed by atoms with Gasteiger partial charge in [-0.2, -0.15) is 0 Å². The SMILES string of the molecule is CC(=O)NCC(=O)N1CCOC(c2cc(C(=O)Nc3nccs3)c3ccccc3n2)C1. The Morgan fingerprint density at radius 1 is 1.29 bits per heavy atom. The molecule has 0 aliphatic carbocycles. The van der Waals surface area contributed by atoms with Crippen molar-refractivity contribution in [2.24, 2.45) is 0 Å². The van der Waals surface area contributed by atoms with Crippen LogP contribution in [-0.2, 0) is 14.3 Å². The van der Waals surface area contributed by atoms with E-state index in [1.54, 1.807) is 22.5 Å². The maximum Gasteiger partial charge on any atom is 0.258 e. The van der Waals surface area contributed by atoms with Gasteiger partial charge in [0, 0.05) is 30.4 Å². The largest absolute Gasteiger partial charge is 0.368 e. The first kappa shape index (κ1) is 20.9. The molecule has 4 rings (SSSR count). The summed E-state index contributed by atoms with van der Waals surface area (Å²) in [6, 6.07) is 9.09. The number of para-hydroxylation sites is 1. The standard InChI is InChI=1S/C21H21N5O4S/c1-13(27)23-11-19(28)26-7-8-30-18(12-26)17-10-15(14-4-2-3-5-16(14)24-17)20(29)25-21-22-6-9-31-21/h2-6,9-10,18H,7-8,11-12H2,1H3,(H,23,27)(H,22,25,29). The van der Waals surface area contributed by atoms with Gasteiger partial charge in [-0.3, -0.25) is 19.7 Å². The molecule has 1 atom stereocenters. The number of fused-ring (bicyclic) bond motifs is 1. The summed E-state index contributed by atoms with van der Waals surface area (Å²) in [6.07, 6.45) is 1.14. The zero-order valence-electron chi connectivity index (χ0n) is 16.8. The number of aromatic nitrogens is 2. The highest BCUT2D eigenvalue weighted by Crippen LogP contribution is 2.27. The molecule has 0 bridgehead atoms. The Kier molecular flexibility index (Phi) is 6.19. The molecule has 0 saturated carbocycles. The van der Waals surface area contributed by atoms with Gasteiger partial charge in [0.2, 0.25) is 11.8 Å². The number of thiazole rings is 1. The molecule has 0 radical (unpaired) electrons. The molecule has 1 saturated heterocycles. The predicted octanol–water partition coefficient (Wildman–Crippen LogP) is 1.98. The van der Waals surface area contributed by atoms with E-state index in [1.165, 1.54) is 18.3 Å². The first-order chi connectivity index (χ1) is 15.0. The van der Waals surface area contributed by atoms with Crippen molar-refractivity contribution in [3.63, 3.8) is 0 Å². The monoisotopic (exact) mass is 439 g/mol. The molecule has 2 aromatic heterocycles. The van der Waals surface area contributed by atoms with Crippen LogP contribution in [0.1, 0.15) is 29.1 Å². The molecule has 3 aromatic rings. The highest BCUT2D eigenvalue weighted by Gasteiger charge is 2.27. The summed E-state index contributed by atoms with van der Waals surface area (Å²) in [5, 5.41) is 8.35. The Morgan fingerprint density at radius 3 is 2.90 bits per heavy atom. The van der Waals surface area contributed by atoms with Gasteiger partial charge in [0.1, 0.15) is 6.10 Å². The first-order valence-corrected chi connectivity index (χ1v) is 10.6. The van der Waals surface area contributed by atoms with Crippen LogP contribution in [-0.4, -0.2) is 58.8 Å². The molecule has 31 heavy (non-hydrogen) atoms. The van der Waals surface area contributed by atoms with E-state index in [4.69, 9.17) is 4.74 Å². The Morgan fingerprint density at radius 2 is 2.13 bits per heavy atom. The summed E-state index contributed by atoms with van der Waals surface area (Å²) in [6.45, 7) is 2.37. The molecule has 3 heterocycles. The third-order valence-electron chi connectivity index (χ3n) is 4.87. The van der Waals surface area contributed by atoms with E-state index >= 15 is 0 Å².